The maximum absolute atomic E-state index is 5.44. The summed E-state index contributed by atoms with van der Waals surface area (Å²) in [5, 5.41) is 12.4. The minimum absolute atomic E-state index is 0.645. The number of nitrogens with zero attached hydrogens (tertiary/aromatic N) is 6. The van der Waals surface area contributed by atoms with E-state index in [2.05, 4.69) is 83.6 Å². The van der Waals surface area contributed by atoms with Gasteiger partial charge in [0.2, 0.25) is 0 Å². The largest absolute Gasteiger partial charge is 0.379 e. The molecular weight excluding hydrogens is 476 g/mol. The van der Waals surface area contributed by atoms with Crippen molar-refractivity contribution < 1.29 is 4.74 Å². The molecular formula is C29H36N8O. The smallest absolute Gasteiger partial charge is 0.0924 e. The number of hydrogen-bond acceptors (Lipinski definition) is 8. The van der Waals surface area contributed by atoms with Crippen LogP contribution in [0.4, 0.5) is 5.69 Å². The average molecular weight is 513 g/mol. The van der Waals surface area contributed by atoms with E-state index in [1.165, 1.54) is 5.56 Å². The van der Waals surface area contributed by atoms with Gasteiger partial charge in [0.1, 0.15) is 0 Å². The standard InChI is InChI=1S/C29H36N8O/c1-35-6-8-36(9-7-35)20-22-14-24(17-30-16-22)23-2-5-28-27(15-23)29(34-33-28)19-32-25-3-4-26(31-18-25)21-37-10-12-38-13-11-37/h2-5,14-18,32H,6-13,19-21H2,1H3,(H,33,34). The maximum Gasteiger partial charge on any atom is 0.0924 e. The Balaban J connectivity index is 1.11. The second kappa shape index (κ2) is 11.6. The molecule has 38 heavy (non-hydrogen) atoms. The van der Waals surface area contributed by atoms with Gasteiger partial charge in [0, 0.05) is 75.7 Å². The van der Waals surface area contributed by atoms with Crippen LogP contribution in [0.1, 0.15) is 17.0 Å². The summed E-state index contributed by atoms with van der Waals surface area (Å²) in [6, 6.07) is 12.9. The Bertz CT molecular complexity index is 1340. The molecule has 9 nitrogen and oxygen atoms in total. The highest BCUT2D eigenvalue weighted by atomic mass is 16.5. The topological polar surface area (TPSA) is 85.4 Å². The first-order chi connectivity index (χ1) is 18.7. The van der Waals surface area contributed by atoms with E-state index < -0.39 is 0 Å². The Labute approximate surface area is 223 Å². The van der Waals surface area contributed by atoms with E-state index in [0.29, 0.717) is 6.54 Å². The van der Waals surface area contributed by atoms with Gasteiger partial charge in [-0.15, -0.1) is 0 Å². The molecule has 0 atom stereocenters. The number of pyridine rings is 2. The highest BCUT2D eigenvalue weighted by Crippen LogP contribution is 2.26. The number of morpholine rings is 1. The number of anilines is 1. The van der Waals surface area contributed by atoms with Gasteiger partial charge in [-0.05, 0) is 48.5 Å². The molecule has 0 bridgehead atoms. The van der Waals surface area contributed by atoms with Gasteiger partial charge in [0.25, 0.3) is 0 Å². The summed E-state index contributed by atoms with van der Waals surface area (Å²) in [7, 11) is 2.19. The number of nitrogens with one attached hydrogen (secondary N) is 2. The van der Waals surface area contributed by atoms with Crippen molar-refractivity contribution in [2.24, 2.45) is 0 Å². The minimum atomic E-state index is 0.645. The highest BCUT2D eigenvalue weighted by molar-refractivity contribution is 5.86. The summed E-state index contributed by atoms with van der Waals surface area (Å²) < 4.78 is 5.44. The number of hydrogen-bond donors (Lipinski definition) is 2. The Kier molecular flexibility index (Phi) is 7.59. The summed E-state index contributed by atoms with van der Waals surface area (Å²) in [5.41, 5.74) is 7.64. The molecule has 0 saturated carbocycles. The quantitative estimate of drug-likeness (QED) is 0.372. The van der Waals surface area contributed by atoms with Crippen molar-refractivity contribution in [1.82, 2.24) is 34.9 Å². The molecule has 1 aromatic carbocycles. The third kappa shape index (κ3) is 6.02. The number of rotatable bonds is 8. The van der Waals surface area contributed by atoms with Gasteiger partial charge in [-0.3, -0.25) is 24.9 Å². The van der Waals surface area contributed by atoms with E-state index in [9.17, 15) is 0 Å². The number of aromatic amines is 1. The van der Waals surface area contributed by atoms with Gasteiger partial charge in [0.15, 0.2) is 0 Å². The van der Waals surface area contributed by atoms with Crippen molar-refractivity contribution in [3.05, 3.63) is 71.9 Å². The third-order valence-electron chi connectivity index (χ3n) is 7.55. The van der Waals surface area contributed by atoms with Gasteiger partial charge in [-0.25, -0.2) is 0 Å². The monoisotopic (exact) mass is 512 g/mol. The van der Waals surface area contributed by atoms with Gasteiger partial charge >= 0.3 is 0 Å². The third-order valence-corrected chi connectivity index (χ3v) is 7.55. The lowest BCUT2D eigenvalue weighted by atomic mass is 10.0. The van der Waals surface area contributed by atoms with Gasteiger partial charge < -0.3 is 15.0 Å². The first kappa shape index (κ1) is 24.9. The Hall–Kier alpha value is -3.37. The van der Waals surface area contributed by atoms with Crippen molar-refractivity contribution >= 4 is 16.6 Å². The lowest BCUT2D eigenvalue weighted by Crippen LogP contribution is -2.43. The van der Waals surface area contributed by atoms with E-state index in [0.717, 1.165) is 105 Å². The van der Waals surface area contributed by atoms with Crippen LogP contribution in [0, 0.1) is 0 Å². The van der Waals surface area contributed by atoms with Crippen molar-refractivity contribution in [3.63, 3.8) is 0 Å². The Morgan fingerprint density at radius 3 is 2.53 bits per heavy atom. The van der Waals surface area contributed by atoms with Crippen LogP contribution in [-0.2, 0) is 24.4 Å². The summed E-state index contributed by atoms with van der Waals surface area (Å²) in [5.74, 6) is 0. The average Bonchev–Trinajstić information content (AvgIpc) is 3.37. The zero-order valence-corrected chi connectivity index (χ0v) is 22.1. The molecule has 6 rings (SSSR count). The molecule has 9 heteroatoms. The fourth-order valence-corrected chi connectivity index (χ4v) is 5.18. The Morgan fingerprint density at radius 2 is 1.71 bits per heavy atom. The van der Waals surface area contributed by atoms with Crippen LogP contribution in [0.2, 0.25) is 0 Å². The van der Waals surface area contributed by atoms with Crippen LogP contribution >= 0.6 is 0 Å². The normalized spacial score (nSPS) is 17.7. The molecule has 2 fully saturated rings. The number of ether oxygens (including phenoxy) is 1. The zero-order valence-electron chi connectivity index (χ0n) is 22.1. The molecule has 5 heterocycles. The van der Waals surface area contributed by atoms with E-state index in [1.807, 2.05) is 18.6 Å². The second-order valence-electron chi connectivity index (χ2n) is 10.4. The second-order valence-corrected chi connectivity index (χ2v) is 10.4. The minimum Gasteiger partial charge on any atom is -0.379 e. The van der Waals surface area contributed by atoms with E-state index >= 15 is 0 Å². The molecule has 2 aliphatic rings. The van der Waals surface area contributed by atoms with E-state index in [1.54, 1.807) is 0 Å². The van der Waals surface area contributed by atoms with Crippen molar-refractivity contribution in [2.75, 3.05) is 64.8 Å². The van der Waals surface area contributed by atoms with Crippen LogP contribution < -0.4 is 5.32 Å². The summed E-state index contributed by atoms with van der Waals surface area (Å²) in [4.78, 5) is 16.5. The molecule has 198 valence electrons. The number of piperazine rings is 1. The van der Waals surface area contributed by atoms with Crippen LogP contribution in [0.15, 0.2) is 55.0 Å². The molecule has 2 aliphatic heterocycles. The van der Waals surface area contributed by atoms with E-state index in [4.69, 9.17) is 4.74 Å². The van der Waals surface area contributed by atoms with Crippen molar-refractivity contribution in [1.29, 1.82) is 0 Å². The van der Waals surface area contributed by atoms with Crippen LogP contribution in [0.5, 0.6) is 0 Å². The van der Waals surface area contributed by atoms with Gasteiger partial charge in [-0.2, -0.15) is 5.10 Å². The molecule has 0 amide bonds. The molecule has 0 unspecified atom stereocenters. The molecule has 0 aliphatic carbocycles. The fraction of sp³-hybridized carbons (Fsp3) is 0.414. The van der Waals surface area contributed by atoms with Crippen LogP contribution in [0.3, 0.4) is 0 Å². The first-order valence-electron chi connectivity index (χ1n) is 13.5. The molecule has 4 aromatic rings. The fourth-order valence-electron chi connectivity index (χ4n) is 5.18. The SMILES string of the molecule is CN1CCN(Cc2cncc(-c3ccc4n[nH]c(CNc5ccc(CN6CCOCC6)nc5)c4c3)c2)CC1. The maximum atomic E-state index is 5.44. The van der Waals surface area contributed by atoms with Gasteiger partial charge in [0.05, 0.1) is 48.5 Å². The molecule has 2 N–H and O–H groups in total. The van der Waals surface area contributed by atoms with Crippen LogP contribution in [0.25, 0.3) is 22.0 Å². The summed E-state index contributed by atoms with van der Waals surface area (Å²) in [6.45, 7) is 10.4. The summed E-state index contributed by atoms with van der Waals surface area (Å²) in [6.07, 6.45) is 5.86. The van der Waals surface area contributed by atoms with Gasteiger partial charge in [-0.1, -0.05) is 6.07 Å². The first-order valence-corrected chi connectivity index (χ1v) is 13.5. The van der Waals surface area contributed by atoms with E-state index in [-0.39, 0.29) is 0 Å². The highest BCUT2D eigenvalue weighted by Gasteiger charge is 2.15. The number of likely N-dealkylation sites (N-methyl/N-ethyl adjacent to an activating group) is 1. The number of H-pyrrole nitrogens is 1. The molecule has 0 radical (unpaired) electrons. The molecule has 0 spiro atoms. The Morgan fingerprint density at radius 1 is 0.868 bits per heavy atom. The van der Waals surface area contributed by atoms with Crippen LogP contribution in [-0.4, -0.2) is 94.4 Å². The lowest BCUT2D eigenvalue weighted by molar-refractivity contribution is 0.0336. The lowest BCUT2D eigenvalue weighted by Gasteiger charge is -2.32. The number of aromatic nitrogens is 4. The number of fused-ring (bicyclic) bond motifs is 1. The predicted molar refractivity (Wildman–Crippen MR) is 150 cm³/mol. The van der Waals surface area contributed by atoms with Crippen molar-refractivity contribution in [3.8, 4) is 11.1 Å². The predicted octanol–water partition coefficient (Wildman–Crippen LogP) is 3.21. The van der Waals surface area contributed by atoms with Crippen molar-refractivity contribution in [2.45, 2.75) is 19.6 Å². The molecule has 2 saturated heterocycles. The number of benzene rings is 1. The summed E-state index contributed by atoms with van der Waals surface area (Å²) >= 11 is 0. The zero-order chi connectivity index (χ0) is 25.7. The molecule has 3 aromatic heterocycles.